The molecule has 2 aliphatic carbocycles. The lowest BCUT2D eigenvalue weighted by molar-refractivity contribution is 0.794. The van der Waals surface area contributed by atoms with E-state index >= 15 is 0 Å². The van der Waals surface area contributed by atoms with E-state index in [1.807, 2.05) is 12.1 Å². The van der Waals surface area contributed by atoms with Crippen molar-refractivity contribution in [2.75, 3.05) is 0 Å². The fourth-order valence-corrected chi connectivity index (χ4v) is 7.97. The summed E-state index contributed by atoms with van der Waals surface area (Å²) in [6.45, 7) is 0. The molecular formula is C43H27Cl. The maximum atomic E-state index is 6.20. The molecule has 1 spiro atoms. The van der Waals surface area contributed by atoms with Crippen LogP contribution in [-0.2, 0) is 5.41 Å². The maximum absolute atomic E-state index is 6.20. The molecule has 0 atom stereocenters. The van der Waals surface area contributed by atoms with Crippen molar-refractivity contribution < 1.29 is 0 Å². The van der Waals surface area contributed by atoms with Gasteiger partial charge in [0.1, 0.15) is 0 Å². The highest BCUT2D eigenvalue weighted by Gasteiger charge is 2.51. The minimum absolute atomic E-state index is 0.349. The Morgan fingerprint density at radius 2 is 0.795 bits per heavy atom. The Kier molecular flexibility index (Phi) is 5.57. The predicted molar refractivity (Wildman–Crippen MR) is 184 cm³/mol. The van der Waals surface area contributed by atoms with Crippen molar-refractivity contribution in [3.05, 3.63) is 191 Å². The van der Waals surface area contributed by atoms with Crippen LogP contribution in [0.4, 0.5) is 0 Å². The molecule has 0 radical (unpaired) electrons. The van der Waals surface area contributed by atoms with Crippen LogP contribution < -0.4 is 0 Å². The topological polar surface area (TPSA) is 0 Å². The molecule has 0 nitrogen and oxygen atoms in total. The Balaban J connectivity index is 1.30. The number of benzene rings is 7. The van der Waals surface area contributed by atoms with Gasteiger partial charge < -0.3 is 0 Å². The van der Waals surface area contributed by atoms with Crippen molar-refractivity contribution in [1.29, 1.82) is 0 Å². The number of hydrogen-bond donors (Lipinski definition) is 0. The van der Waals surface area contributed by atoms with E-state index in [0.717, 1.165) is 10.6 Å². The summed E-state index contributed by atoms with van der Waals surface area (Å²) < 4.78 is 0. The van der Waals surface area contributed by atoms with Crippen LogP contribution in [0.3, 0.4) is 0 Å². The van der Waals surface area contributed by atoms with Crippen LogP contribution in [0.1, 0.15) is 22.3 Å². The first-order valence-electron chi connectivity index (χ1n) is 15.1. The van der Waals surface area contributed by atoms with Crippen LogP contribution in [0, 0.1) is 0 Å². The summed E-state index contributed by atoms with van der Waals surface area (Å²) in [5.74, 6) is 0. The molecule has 0 aliphatic heterocycles. The second-order valence-corrected chi connectivity index (χ2v) is 12.2. The first-order valence-corrected chi connectivity index (χ1v) is 15.5. The Bertz CT molecular complexity index is 2190. The summed E-state index contributed by atoms with van der Waals surface area (Å²) >= 11 is 6.20. The zero-order valence-electron chi connectivity index (χ0n) is 24.0. The third kappa shape index (κ3) is 3.46. The van der Waals surface area contributed by atoms with Crippen LogP contribution in [0.2, 0.25) is 5.02 Å². The summed E-state index contributed by atoms with van der Waals surface area (Å²) in [4.78, 5) is 0. The van der Waals surface area contributed by atoms with Crippen molar-refractivity contribution in [2.24, 2.45) is 0 Å². The van der Waals surface area contributed by atoms with Crippen molar-refractivity contribution in [3.8, 4) is 55.6 Å². The molecule has 1 heteroatoms. The van der Waals surface area contributed by atoms with E-state index in [1.54, 1.807) is 0 Å². The smallest absolute Gasteiger partial charge is 0.0725 e. The highest BCUT2D eigenvalue weighted by Crippen LogP contribution is 2.64. The molecule has 0 aromatic heterocycles. The van der Waals surface area contributed by atoms with E-state index in [4.69, 9.17) is 11.6 Å². The first kappa shape index (κ1) is 25.3. The summed E-state index contributed by atoms with van der Waals surface area (Å²) in [6, 6.07) is 59.7. The van der Waals surface area contributed by atoms with Gasteiger partial charge in [0, 0.05) is 5.02 Å². The van der Waals surface area contributed by atoms with Crippen molar-refractivity contribution in [3.63, 3.8) is 0 Å². The second-order valence-electron chi connectivity index (χ2n) is 11.7. The van der Waals surface area contributed by atoms with Gasteiger partial charge in [0.25, 0.3) is 0 Å². The van der Waals surface area contributed by atoms with Crippen LogP contribution in [0.5, 0.6) is 0 Å². The lowest BCUT2D eigenvalue weighted by Gasteiger charge is -2.30. The van der Waals surface area contributed by atoms with Crippen LogP contribution >= 0.6 is 11.6 Å². The molecule has 2 aliphatic rings. The lowest BCUT2D eigenvalue weighted by Crippen LogP contribution is -2.25. The molecule has 7 aromatic rings. The Morgan fingerprint density at radius 3 is 1.48 bits per heavy atom. The van der Waals surface area contributed by atoms with Crippen molar-refractivity contribution >= 4 is 11.6 Å². The predicted octanol–water partition coefficient (Wildman–Crippen LogP) is 11.7. The van der Waals surface area contributed by atoms with Gasteiger partial charge in [0.05, 0.1) is 5.41 Å². The Labute approximate surface area is 262 Å². The highest BCUT2D eigenvalue weighted by atomic mass is 35.5. The molecule has 9 rings (SSSR count). The largest absolute Gasteiger partial charge is 0.0843 e. The number of fused-ring (bicyclic) bond motifs is 10. The molecule has 0 amide bonds. The van der Waals surface area contributed by atoms with E-state index < -0.39 is 0 Å². The SMILES string of the molecule is Clc1ccc(-c2cccc(-c3ccccc3-c3cccc4c3-c3ccccc3C43c4ccccc4-c4ccccc43)c2)cc1. The van der Waals surface area contributed by atoms with E-state index in [0.29, 0.717) is 0 Å². The fourth-order valence-electron chi connectivity index (χ4n) is 7.85. The second kappa shape index (κ2) is 9.67. The average molecular weight is 579 g/mol. The number of rotatable bonds is 3. The van der Waals surface area contributed by atoms with Gasteiger partial charge >= 0.3 is 0 Å². The first-order chi connectivity index (χ1) is 21.7. The normalized spacial score (nSPS) is 13.3. The Hall–Kier alpha value is -5.17. The lowest BCUT2D eigenvalue weighted by atomic mass is 9.70. The van der Waals surface area contributed by atoms with Crippen LogP contribution in [0.25, 0.3) is 55.6 Å². The van der Waals surface area contributed by atoms with Gasteiger partial charge in [-0.1, -0.05) is 157 Å². The van der Waals surface area contributed by atoms with Crippen molar-refractivity contribution in [1.82, 2.24) is 0 Å². The monoisotopic (exact) mass is 578 g/mol. The molecule has 44 heavy (non-hydrogen) atoms. The molecule has 0 heterocycles. The van der Waals surface area contributed by atoms with Gasteiger partial charge in [-0.25, -0.2) is 0 Å². The van der Waals surface area contributed by atoms with Crippen LogP contribution in [0.15, 0.2) is 164 Å². The fraction of sp³-hybridized carbons (Fsp3) is 0.0233. The maximum Gasteiger partial charge on any atom is 0.0725 e. The number of halogens is 1. The zero-order chi connectivity index (χ0) is 29.3. The minimum atomic E-state index is -0.349. The van der Waals surface area contributed by atoms with Crippen molar-refractivity contribution in [2.45, 2.75) is 5.41 Å². The van der Waals surface area contributed by atoms with Gasteiger partial charge in [0.15, 0.2) is 0 Å². The van der Waals surface area contributed by atoms with E-state index in [1.165, 1.54) is 72.3 Å². The molecule has 0 fully saturated rings. The molecule has 0 saturated carbocycles. The quantitative estimate of drug-likeness (QED) is 0.195. The van der Waals surface area contributed by atoms with E-state index in [9.17, 15) is 0 Å². The summed E-state index contributed by atoms with van der Waals surface area (Å²) in [5.41, 5.74) is 17.7. The van der Waals surface area contributed by atoms with E-state index in [-0.39, 0.29) is 5.41 Å². The number of hydrogen-bond acceptors (Lipinski definition) is 0. The van der Waals surface area contributed by atoms with Crippen LogP contribution in [-0.4, -0.2) is 0 Å². The average Bonchev–Trinajstić information content (AvgIpc) is 3.56. The molecular weight excluding hydrogens is 552 g/mol. The molecule has 0 bridgehead atoms. The summed E-state index contributed by atoms with van der Waals surface area (Å²) in [5, 5.41) is 0.749. The van der Waals surface area contributed by atoms with Gasteiger partial charge in [-0.2, -0.15) is 0 Å². The zero-order valence-corrected chi connectivity index (χ0v) is 24.7. The summed E-state index contributed by atoms with van der Waals surface area (Å²) in [7, 11) is 0. The third-order valence-electron chi connectivity index (χ3n) is 9.59. The van der Waals surface area contributed by atoms with Gasteiger partial charge in [-0.3, -0.25) is 0 Å². The third-order valence-corrected chi connectivity index (χ3v) is 9.84. The molecule has 0 N–H and O–H groups in total. The molecule has 7 aromatic carbocycles. The highest BCUT2D eigenvalue weighted by molar-refractivity contribution is 6.30. The van der Waals surface area contributed by atoms with Gasteiger partial charge in [0.2, 0.25) is 0 Å². The van der Waals surface area contributed by atoms with E-state index in [2.05, 4.69) is 152 Å². The molecule has 206 valence electrons. The molecule has 0 unspecified atom stereocenters. The summed E-state index contributed by atoms with van der Waals surface area (Å²) in [6.07, 6.45) is 0. The minimum Gasteiger partial charge on any atom is -0.0843 e. The molecule has 0 saturated heterocycles. The Morgan fingerprint density at radius 1 is 0.318 bits per heavy atom. The standard InChI is InChI=1S/C43H27Cl/c44-31-25-23-28(24-26-31)29-11-9-12-30(27-29)32-13-1-2-14-33(32)36-18-10-22-41-42(36)37-17-5-8-21-40(37)43(41)38-19-6-3-15-34(38)35-16-4-7-20-39(35)43/h1-27H. The van der Waals surface area contributed by atoms with Gasteiger partial charge in [-0.05, 0) is 96.1 Å². The van der Waals surface area contributed by atoms with Gasteiger partial charge in [-0.15, -0.1) is 0 Å².